The second-order valence-electron chi connectivity index (χ2n) is 1.82. The van der Waals surface area contributed by atoms with Gasteiger partial charge in [0.2, 0.25) is 0 Å². The van der Waals surface area contributed by atoms with Gasteiger partial charge in [-0.2, -0.15) is 0 Å². The zero-order valence-corrected chi connectivity index (χ0v) is 6.86. The van der Waals surface area contributed by atoms with E-state index < -0.39 is 0 Å². The fraction of sp³-hybridized carbons (Fsp3) is 0.143. The zero-order valence-electron chi connectivity index (χ0n) is 5.27. The largest absolute Gasteiger partial charge is 0.375 e. The first-order valence-corrected chi connectivity index (χ1v) is 4.00. The molecule has 0 heterocycles. The van der Waals surface area contributed by atoms with E-state index >= 15 is 0 Å². The molecule has 0 aliphatic rings. The Bertz CT molecular complexity index is 197. The number of alkyl halides is 1. The molecule has 54 valence electrons. The topological polar surface area (TPSA) is 12.0 Å². The smallest absolute Gasteiger partial charge is 0.123 e. The number of hydrogen-bond donors (Lipinski definition) is 1. The summed E-state index contributed by atoms with van der Waals surface area (Å²) in [6.45, 7) is 0. The van der Waals surface area contributed by atoms with Crippen LogP contribution in [0.2, 0.25) is 0 Å². The van der Waals surface area contributed by atoms with Crippen LogP contribution in [-0.4, -0.2) is 5.45 Å². The average Bonchev–Trinajstić information content (AvgIpc) is 1.95. The summed E-state index contributed by atoms with van der Waals surface area (Å²) in [5, 5.41) is 2.98. The first-order valence-electron chi connectivity index (χ1n) is 2.88. The van der Waals surface area contributed by atoms with Gasteiger partial charge in [0, 0.05) is 5.69 Å². The summed E-state index contributed by atoms with van der Waals surface area (Å²) in [4.78, 5) is 0. The van der Waals surface area contributed by atoms with Crippen LogP contribution in [0, 0.1) is 5.82 Å². The molecule has 1 rings (SSSR count). The van der Waals surface area contributed by atoms with Gasteiger partial charge >= 0.3 is 0 Å². The van der Waals surface area contributed by atoms with E-state index in [-0.39, 0.29) is 5.82 Å². The van der Waals surface area contributed by atoms with Gasteiger partial charge in [0.25, 0.3) is 0 Å². The van der Waals surface area contributed by atoms with Crippen LogP contribution in [0.3, 0.4) is 0 Å². The average molecular weight is 204 g/mol. The van der Waals surface area contributed by atoms with Crippen LogP contribution in [0.1, 0.15) is 0 Å². The van der Waals surface area contributed by atoms with Crippen molar-refractivity contribution in [1.29, 1.82) is 0 Å². The molecule has 10 heavy (non-hydrogen) atoms. The first kappa shape index (κ1) is 7.54. The van der Waals surface area contributed by atoms with Crippen molar-refractivity contribution in [2.45, 2.75) is 0 Å². The summed E-state index contributed by atoms with van der Waals surface area (Å²) >= 11 is 3.20. The monoisotopic (exact) mass is 203 g/mol. The molecule has 0 radical (unpaired) electrons. The third-order valence-corrected chi connectivity index (χ3v) is 1.40. The Morgan fingerprint density at radius 3 is 2.40 bits per heavy atom. The van der Waals surface area contributed by atoms with Crippen LogP contribution in [0.5, 0.6) is 0 Å². The van der Waals surface area contributed by atoms with Gasteiger partial charge in [-0.25, -0.2) is 4.39 Å². The molecular weight excluding hydrogens is 197 g/mol. The molecule has 0 unspecified atom stereocenters. The van der Waals surface area contributed by atoms with E-state index in [0.717, 1.165) is 5.69 Å². The predicted molar refractivity (Wildman–Crippen MR) is 43.8 cm³/mol. The summed E-state index contributed by atoms with van der Waals surface area (Å²) in [6.07, 6.45) is 0. The van der Waals surface area contributed by atoms with Gasteiger partial charge in [0.15, 0.2) is 0 Å². The van der Waals surface area contributed by atoms with Crippen molar-refractivity contribution in [3.8, 4) is 0 Å². The number of rotatable bonds is 2. The highest BCUT2D eigenvalue weighted by atomic mass is 79.9. The van der Waals surface area contributed by atoms with Gasteiger partial charge in [0.1, 0.15) is 5.82 Å². The number of nitrogens with one attached hydrogen (secondary N) is 1. The Kier molecular flexibility index (Phi) is 2.68. The van der Waals surface area contributed by atoms with Crippen LogP contribution in [-0.2, 0) is 0 Å². The van der Waals surface area contributed by atoms with Crippen LogP contribution >= 0.6 is 15.9 Å². The maximum absolute atomic E-state index is 12.3. The lowest BCUT2D eigenvalue weighted by Gasteiger charge is -1.99. The minimum Gasteiger partial charge on any atom is -0.375 e. The molecule has 0 saturated heterocycles. The highest BCUT2D eigenvalue weighted by Gasteiger charge is 1.89. The molecule has 1 nitrogen and oxygen atoms in total. The SMILES string of the molecule is Fc1ccc(NCBr)cc1. The first-order chi connectivity index (χ1) is 4.83. The van der Waals surface area contributed by atoms with Gasteiger partial charge < -0.3 is 5.32 Å². The Morgan fingerprint density at radius 1 is 1.30 bits per heavy atom. The van der Waals surface area contributed by atoms with Crippen LogP contribution in [0.15, 0.2) is 24.3 Å². The van der Waals surface area contributed by atoms with E-state index in [1.165, 1.54) is 12.1 Å². The molecule has 1 aromatic carbocycles. The molecule has 0 aliphatic carbocycles. The van der Waals surface area contributed by atoms with E-state index in [2.05, 4.69) is 21.2 Å². The van der Waals surface area contributed by atoms with Crippen molar-refractivity contribution in [3.05, 3.63) is 30.1 Å². The van der Waals surface area contributed by atoms with Crippen molar-refractivity contribution in [2.24, 2.45) is 0 Å². The Hall–Kier alpha value is -0.570. The maximum atomic E-state index is 12.3. The third-order valence-electron chi connectivity index (χ3n) is 1.12. The molecule has 0 aromatic heterocycles. The second kappa shape index (κ2) is 3.56. The summed E-state index contributed by atoms with van der Waals surface area (Å²) < 4.78 is 12.3. The molecule has 0 atom stereocenters. The molecule has 0 bridgehead atoms. The molecule has 3 heteroatoms. The van der Waals surface area contributed by atoms with Crippen LogP contribution in [0.4, 0.5) is 10.1 Å². The molecule has 0 fully saturated rings. The van der Waals surface area contributed by atoms with Crippen molar-refractivity contribution >= 4 is 21.6 Å². The summed E-state index contributed by atoms with van der Waals surface area (Å²) in [6, 6.07) is 6.23. The van der Waals surface area contributed by atoms with Gasteiger partial charge in [-0.1, -0.05) is 15.9 Å². The maximum Gasteiger partial charge on any atom is 0.123 e. The summed E-state index contributed by atoms with van der Waals surface area (Å²) in [5.74, 6) is -0.208. The number of anilines is 1. The Labute approximate surface area is 67.4 Å². The van der Waals surface area contributed by atoms with E-state index in [1.807, 2.05) is 0 Å². The van der Waals surface area contributed by atoms with E-state index in [9.17, 15) is 4.39 Å². The van der Waals surface area contributed by atoms with E-state index in [1.54, 1.807) is 12.1 Å². The van der Waals surface area contributed by atoms with Crippen molar-refractivity contribution in [2.75, 3.05) is 10.8 Å². The quantitative estimate of drug-likeness (QED) is 0.576. The molecular formula is C7H7BrFN. The number of benzene rings is 1. The molecule has 0 aliphatic heterocycles. The Balaban J connectivity index is 2.69. The van der Waals surface area contributed by atoms with E-state index in [0.29, 0.717) is 5.45 Å². The number of hydrogen-bond acceptors (Lipinski definition) is 1. The molecule has 0 saturated carbocycles. The Morgan fingerprint density at radius 2 is 1.90 bits per heavy atom. The number of halogens is 2. The lowest BCUT2D eigenvalue weighted by Crippen LogP contribution is -1.92. The normalized spacial score (nSPS) is 9.40. The van der Waals surface area contributed by atoms with Crippen molar-refractivity contribution < 1.29 is 4.39 Å². The van der Waals surface area contributed by atoms with Gasteiger partial charge in [-0.15, -0.1) is 0 Å². The van der Waals surface area contributed by atoms with Gasteiger partial charge in [-0.05, 0) is 24.3 Å². The zero-order chi connectivity index (χ0) is 7.40. The van der Waals surface area contributed by atoms with Gasteiger partial charge in [-0.3, -0.25) is 0 Å². The van der Waals surface area contributed by atoms with E-state index in [4.69, 9.17) is 0 Å². The third kappa shape index (κ3) is 1.99. The fourth-order valence-corrected chi connectivity index (χ4v) is 0.969. The fourth-order valence-electron chi connectivity index (χ4n) is 0.645. The minimum atomic E-state index is -0.208. The molecule has 1 N–H and O–H groups in total. The molecule has 0 spiro atoms. The highest BCUT2D eigenvalue weighted by molar-refractivity contribution is 9.09. The highest BCUT2D eigenvalue weighted by Crippen LogP contribution is 2.07. The lowest BCUT2D eigenvalue weighted by atomic mass is 10.3. The molecule has 0 amide bonds. The summed E-state index contributed by atoms with van der Waals surface area (Å²) in [7, 11) is 0. The minimum absolute atomic E-state index is 0.208. The second-order valence-corrected chi connectivity index (χ2v) is 2.38. The van der Waals surface area contributed by atoms with Crippen LogP contribution in [0.25, 0.3) is 0 Å². The standard InChI is InChI=1S/C7H7BrFN/c8-5-10-7-3-1-6(9)2-4-7/h1-4,10H,5H2. The lowest BCUT2D eigenvalue weighted by molar-refractivity contribution is 0.628. The van der Waals surface area contributed by atoms with Crippen molar-refractivity contribution in [3.63, 3.8) is 0 Å². The predicted octanol–water partition coefficient (Wildman–Crippen LogP) is 2.59. The summed E-state index contributed by atoms with van der Waals surface area (Å²) in [5.41, 5.74) is 1.59. The van der Waals surface area contributed by atoms with Crippen molar-refractivity contribution in [1.82, 2.24) is 0 Å². The van der Waals surface area contributed by atoms with Crippen LogP contribution < -0.4 is 5.32 Å². The molecule has 1 aromatic rings. The van der Waals surface area contributed by atoms with Gasteiger partial charge in [0.05, 0.1) is 5.45 Å².